The molecule has 3 aromatic rings. The van der Waals surface area contributed by atoms with Crippen LogP contribution < -0.4 is 4.90 Å². The maximum absolute atomic E-state index is 13.6. The van der Waals surface area contributed by atoms with Crippen molar-refractivity contribution in [1.29, 1.82) is 0 Å². The summed E-state index contributed by atoms with van der Waals surface area (Å²) in [6.07, 6.45) is 8.46. The SMILES string of the molecule is CC(C)c1ccc(-c2cn3nc(N4CCC(C(=O)N5CCCCC5CCN5CCOCC5)CC4)sc3n2)cc1. The van der Waals surface area contributed by atoms with E-state index in [4.69, 9.17) is 14.8 Å². The van der Waals surface area contributed by atoms with E-state index in [1.807, 2.05) is 10.7 Å². The summed E-state index contributed by atoms with van der Waals surface area (Å²) in [6.45, 7) is 11.9. The van der Waals surface area contributed by atoms with Gasteiger partial charge in [0, 0.05) is 56.8 Å². The summed E-state index contributed by atoms with van der Waals surface area (Å²) in [5.74, 6) is 1.05. The highest BCUT2D eigenvalue weighted by molar-refractivity contribution is 7.20. The average Bonchev–Trinajstić information content (AvgIpc) is 3.57. The number of piperidine rings is 2. The molecular formula is C30H42N6O2S. The van der Waals surface area contributed by atoms with Gasteiger partial charge in [-0.1, -0.05) is 49.4 Å². The van der Waals surface area contributed by atoms with Gasteiger partial charge < -0.3 is 14.5 Å². The van der Waals surface area contributed by atoms with Gasteiger partial charge in [0.15, 0.2) is 0 Å². The van der Waals surface area contributed by atoms with E-state index in [0.29, 0.717) is 17.9 Å². The number of morpholine rings is 1. The first-order valence-electron chi connectivity index (χ1n) is 14.9. The Morgan fingerprint density at radius 3 is 2.51 bits per heavy atom. The Morgan fingerprint density at radius 1 is 1.03 bits per heavy atom. The third kappa shape index (κ3) is 6.00. The van der Waals surface area contributed by atoms with Crippen LogP contribution in [-0.4, -0.2) is 88.8 Å². The second kappa shape index (κ2) is 11.9. The zero-order valence-corrected chi connectivity index (χ0v) is 24.2. The Balaban J connectivity index is 1.04. The smallest absolute Gasteiger partial charge is 0.226 e. The topological polar surface area (TPSA) is 66.2 Å². The highest BCUT2D eigenvalue weighted by Crippen LogP contribution is 2.32. The number of likely N-dealkylation sites (tertiary alicyclic amines) is 1. The van der Waals surface area contributed by atoms with E-state index in [1.165, 1.54) is 12.0 Å². The maximum Gasteiger partial charge on any atom is 0.226 e. The lowest BCUT2D eigenvalue weighted by molar-refractivity contribution is -0.140. The lowest BCUT2D eigenvalue weighted by atomic mass is 9.92. The van der Waals surface area contributed by atoms with Gasteiger partial charge in [0.05, 0.1) is 25.1 Å². The van der Waals surface area contributed by atoms with Gasteiger partial charge >= 0.3 is 0 Å². The zero-order chi connectivity index (χ0) is 26.8. The molecule has 5 heterocycles. The van der Waals surface area contributed by atoms with Crippen molar-refractivity contribution in [2.45, 2.75) is 64.3 Å². The maximum atomic E-state index is 13.6. The molecule has 1 atom stereocenters. The van der Waals surface area contributed by atoms with Crippen LogP contribution in [0.3, 0.4) is 0 Å². The van der Waals surface area contributed by atoms with Gasteiger partial charge in [-0.2, -0.15) is 0 Å². The molecule has 0 aliphatic carbocycles. The molecule has 0 radical (unpaired) electrons. The molecule has 39 heavy (non-hydrogen) atoms. The lowest BCUT2D eigenvalue weighted by Crippen LogP contribution is -2.50. The minimum Gasteiger partial charge on any atom is -0.379 e. The number of ether oxygens (including phenoxy) is 1. The average molecular weight is 551 g/mol. The van der Waals surface area contributed by atoms with E-state index < -0.39 is 0 Å². The Hall–Kier alpha value is -2.49. The molecule has 6 rings (SSSR count). The second-order valence-electron chi connectivity index (χ2n) is 11.7. The molecule has 9 heteroatoms. The Labute approximate surface area is 235 Å². The minimum absolute atomic E-state index is 0.134. The predicted octanol–water partition coefficient (Wildman–Crippen LogP) is 4.90. The molecule has 8 nitrogen and oxygen atoms in total. The molecule has 3 saturated heterocycles. The monoisotopic (exact) mass is 550 g/mol. The third-order valence-corrected chi connectivity index (χ3v) is 9.80. The van der Waals surface area contributed by atoms with Crippen molar-refractivity contribution in [1.82, 2.24) is 24.4 Å². The summed E-state index contributed by atoms with van der Waals surface area (Å²) in [5.41, 5.74) is 3.43. The van der Waals surface area contributed by atoms with Crippen molar-refractivity contribution in [2.24, 2.45) is 5.92 Å². The number of aromatic nitrogens is 3. The minimum atomic E-state index is 0.134. The fourth-order valence-electron chi connectivity index (χ4n) is 6.29. The van der Waals surface area contributed by atoms with Crippen LogP contribution in [0.4, 0.5) is 5.13 Å². The predicted molar refractivity (Wildman–Crippen MR) is 157 cm³/mol. The van der Waals surface area contributed by atoms with Gasteiger partial charge in [-0.25, -0.2) is 9.50 Å². The fraction of sp³-hybridized carbons (Fsp3) is 0.633. The summed E-state index contributed by atoms with van der Waals surface area (Å²) in [6, 6.07) is 9.08. The van der Waals surface area contributed by atoms with Crippen molar-refractivity contribution in [3.8, 4) is 11.3 Å². The van der Waals surface area contributed by atoms with Crippen molar-refractivity contribution in [2.75, 3.05) is 57.4 Å². The first-order valence-corrected chi connectivity index (χ1v) is 15.7. The van der Waals surface area contributed by atoms with Crippen LogP contribution in [0.15, 0.2) is 30.5 Å². The molecule has 0 bridgehead atoms. The van der Waals surface area contributed by atoms with Gasteiger partial charge in [-0.05, 0) is 50.0 Å². The van der Waals surface area contributed by atoms with E-state index in [1.54, 1.807) is 11.3 Å². The van der Waals surface area contributed by atoms with Crippen LogP contribution in [0.5, 0.6) is 0 Å². The summed E-state index contributed by atoms with van der Waals surface area (Å²) in [7, 11) is 0. The molecule has 1 amide bonds. The van der Waals surface area contributed by atoms with Crippen molar-refractivity contribution in [3.05, 3.63) is 36.0 Å². The number of anilines is 1. The lowest BCUT2D eigenvalue weighted by Gasteiger charge is -2.41. The number of hydrogen-bond acceptors (Lipinski definition) is 7. The molecule has 0 N–H and O–H groups in total. The van der Waals surface area contributed by atoms with E-state index in [0.717, 1.165) is 106 Å². The molecule has 3 fully saturated rings. The third-order valence-electron chi connectivity index (χ3n) is 8.81. The summed E-state index contributed by atoms with van der Waals surface area (Å²) < 4.78 is 7.41. The first-order chi connectivity index (χ1) is 19.0. The standard InChI is InChI=1S/C30H42N6O2S/c1-22(2)23-6-8-24(9-7-23)27-21-36-29(31-27)39-30(32-36)34-15-10-25(11-16-34)28(37)35-13-4-3-5-26(35)12-14-33-17-19-38-20-18-33/h6-9,21-22,25-26H,3-5,10-20H2,1-2H3. The Morgan fingerprint density at radius 2 is 1.79 bits per heavy atom. The van der Waals surface area contributed by atoms with Gasteiger partial charge in [-0.3, -0.25) is 9.69 Å². The summed E-state index contributed by atoms with van der Waals surface area (Å²) in [5, 5.41) is 5.86. The summed E-state index contributed by atoms with van der Waals surface area (Å²) in [4.78, 5) is 26.5. The van der Waals surface area contributed by atoms with E-state index >= 15 is 0 Å². The number of hydrogen-bond donors (Lipinski definition) is 0. The normalized spacial score (nSPS) is 21.8. The summed E-state index contributed by atoms with van der Waals surface area (Å²) >= 11 is 1.64. The van der Waals surface area contributed by atoms with Gasteiger partial charge in [-0.15, -0.1) is 5.10 Å². The molecule has 3 aliphatic rings. The molecule has 3 aliphatic heterocycles. The highest BCUT2D eigenvalue weighted by atomic mass is 32.1. The molecule has 1 aromatic carbocycles. The molecule has 0 saturated carbocycles. The van der Waals surface area contributed by atoms with Crippen LogP contribution >= 0.6 is 11.3 Å². The van der Waals surface area contributed by atoms with Gasteiger partial charge in [0.1, 0.15) is 0 Å². The van der Waals surface area contributed by atoms with E-state index in [2.05, 4.69) is 52.8 Å². The number of nitrogens with zero attached hydrogens (tertiary/aromatic N) is 6. The highest BCUT2D eigenvalue weighted by Gasteiger charge is 2.34. The fourth-order valence-corrected chi connectivity index (χ4v) is 7.23. The number of rotatable bonds is 7. The number of fused-ring (bicyclic) bond motifs is 1. The van der Waals surface area contributed by atoms with Crippen LogP contribution in [0.1, 0.15) is 63.9 Å². The number of carbonyl (C=O) groups is 1. The van der Waals surface area contributed by atoms with Crippen LogP contribution in [0, 0.1) is 5.92 Å². The van der Waals surface area contributed by atoms with Crippen molar-refractivity contribution in [3.63, 3.8) is 0 Å². The number of amides is 1. The van der Waals surface area contributed by atoms with Crippen LogP contribution in [-0.2, 0) is 9.53 Å². The van der Waals surface area contributed by atoms with E-state index in [-0.39, 0.29) is 5.92 Å². The first kappa shape index (κ1) is 26.7. The molecule has 210 valence electrons. The van der Waals surface area contributed by atoms with Gasteiger partial charge in [0.25, 0.3) is 0 Å². The number of carbonyl (C=O) groups excluding carboxylic acids is 1. The van der Waals surface area contributed by atoms with Crippen molar-refractivity contribution >= 4 is 27.3 Å². The number of benzene rings is 1. The zero-order valence-electron chi connectivity index (χ0n) is 23.4. The Kier molecular flexibility index (Phi) is 8.18. The van der Waals surface area contributed by atoms with Crippen molar-refractivity contribution < 1.29 is 9.53 Å². The molecular weight excluding hydrogens is 508 g/mol. The van der Waals surface area contributed by atoms with Gasteiger partial charge in [0.2, 0.25) is 16.0 Å². The largest absolute Gasteiger partial charge is 0.379 e. The Bertz CT molecular complexity index is 1210. The second-order valence-corrected chi connectivity index (χ2v) is 12.6. The number of imidazole rings is 1. The van der Waals surface area contributed by atoms with E-state index in [9.17, 15) is 4.79 Å². The van der Waals surface area contributed by atoms with Crippen LogP contribution in [0.2, 0.25) is 0 Å². The molecule has 2 aromatic heterocycles. The van der Waals surface area contributed by atoms with Crippen LogP contribution in [0.25, 0.3) is 16.2 Å². The quantitative estimate of drug-likeness (QED) is 0.417. The molecule has 0 spiro atoms. The molecule has 1 unspecified atom stereocenters.